The zero-order chi connectivity index (χ0) is 17.9. The monoisotopic (exact) mass is 503 g/mol. The van der Waals surface area contributed by atoms with E-state index in [4.69, 9.17) is 76.6 Å². The van der Waals surface area contributed by atoms with Crippen LogP contribution in [-0.4, -0.2) is 63.2 Å². The summed E-state index contributed by atoms with van der Waals surface area (Å²) in [5.41, 5.74) is 0. The van der Waals surface area contributed by atoms with Crippen LogP contribution in [0.15, 0.2) is 0 Å². The van der Waals surface area contributed by atoms with Crippen LogP contribution >= 0.6 is 0 Å². The number of hydrogen-bond donors (Lipinski definition) is 0. The molecular weight excluding hydrogens is 502 g/mol. The minimum Gasteiger partial charge on any atom is -0.356 e. The summed E-state index contributed by atoms with van der Waals surface area (Å²) in [6, 6.07) is 0. The fourth-order valence-corrected chi connectivity index (χ4v) is 0. The molecule has 0 aliphatic heterocycles. The Morgan fingerprint density at radius 1 is 0.364 bits per heavy atom. The Bertz CT molecular complexity index is 213. The first-order valence-corrected chi connectivity index (χ1v) is 2.74. The van der Waals surface area contributed by atoms with Gasteiger partial charge < -0.3 is 76.6 Å². The molecule has 20 nitrogen and oxygen atoms in total. The first kappa shape index (κ1) is 42.8. The van der Waals surface area contributed by atoms with E-state index < -0.39 is 25.4 Å². The van der Waals surface area contributed by atoms with Gasteiger partial charge in [0.2, 0.25) is 0 Å². The Morgan fingerprint density at radius 2 is 0.364 bits per heavy atom. The number of nitrogens with zero attached hydrogens (tertiary/aromatic N) is 5. The zero-order valence-electron chi connectivity index (χ0n) is 9.44. The fraction of sp³-hybridized carbons (Fsp3) is 0. The smallest absolute Gasteiger partial charge is 0.356 e. The molecule has 0 aliphatic carbocycles. The zero-order valence-corrected chi connectivity index (χ0v) is 14.1. The molecule has 0 aromatic carbocycles. The molecule has 0 heterocycles. The van der Waals surface area contributed by atoms with Crippen molar-refractivity contribution in [3.05, 3.63) is 76.6 Å². The fourth-order valence-electron chi connectivity index (χ4n) is 0. The van der Waals surface area contributed by atoms with Crippen molar-refractivity contribution in [1.82, 2.24) is 0 Å². The van der Waals surface area contributed by atoms with Crippen LogP contribution < -0.4 is 0 Å². The van der Waals surface area contributed by atoms with E-state index in [0.717, 1.165) is 0 Å². The second-order valence-electron chi connectivity index (χ2n) is 1.12. The van der Waals surface area contributed by atoms with Gasteiger partial charge in [0, 0.05) is 0 Å². The van der Waals surface area contributed by atoms with Crippen LogP contribution in [0.4, 0.5) is 0 Å². The molecule has 0 amide bonds. The Balaban J connectivity index is -0.0000000250. The van der Waals surface area contributed by atoms with Crippen molar-refractivity contribution in [2.45, 2.75) is 0 Å². The summed E-state index contributed by atoms with van der Waals surface area (Å²) in [6.07, 6.45) is 0. The van der Waals surface area contributed by atoms with Gasteiger partial charge >= 0.3 is 87.1 Å². The van der Waals surface area contributed by atoms with Crippen molar-refractivity contribution >= 4 is 37.7 Å². The summed E-state index contributed by atoms with van der Waals surface area (Å²) < 4.78 is 0. The molecule has 22 heavy (non-hydrogen) atoms. The summed E-state index contributed by atoms with van der Waals surface area (Å²) in [4.78, 5) is 41.2. The molecule has 0 aromatic heterocycles. The van der Waals surface area contributed by atoms with E-state index in [-0.39, 0.29) is 87.1 Å². The van der Waals surface area contributed by atoms with E-state index in [0.29, 0.717) is 0 Å². The third-order valence-electron chi connectivity index (χ3n) is 0. The SMILES string of the molecule is O=[N+]([O-])[O-].O=[N+]([O-])[O-].O=[N+]([O-])[O-].O=[N+]([O-])[O-].O=[N+]([O-])[O-].[Ca+2].[Eu+3]. The second-order valence-corrected chi connectivity index (χ2v) is 1.12. The molecule has 124 valence electrons. The standard InChI is InChI=1S/Ca.Eu.5NO3/c;;5*2-1(3)4/q+2;+3;5*-1. The quantitative estimate of drug-likeness (QED) is 0.205. The Kier molecular flexibility index (Phi) is 71.6. The van der Waals surface area contributed by atoms with Gasteiger partial charge in [0.15, 0.2) is 0 Å². The van der Waals surface area contributed by atoms with E-state index in [9.17, 15) is 0 Å². The third kappa shape index (κ3) is 4490. The molecule has 0 bridgehead atoms. The van der Waals surface area contributed by atoms with Crippen molar-refractivity contribution < 1.29 is 74.8 Å². The van der Waals surface area contributed by atoms with Crippen molar-refractivity contribution in [3.8, 4) is 0 Å². The predicted octanol–water partition coefficient (Wildman–Crippen LogP) is -1.58. The molecule has 0 N–H and O–H groups in total. The summed E-state index contributed by atoms with van der Waals surface area (Å²) in [5, 5.41) is 73.8. The molecule has 0 fully saturated rings. The van der Waals surface area contributed by atoms with Crippen LogP contribution in [-0.2, 0) is 0 Å². The van der Waals surface area contributed by atoms with Gasteiger partial charge in [0.05, 0.1) is 25.4 Å². The van der Waals surface area contributed by atoms with Gasteiger partial charge in [-0.25, -0.2) is 0 Å². The van der Waals surface area contributed by atoms with Gasteiger partial charge in [-0.15, -0.1) is 0 Å². The van der Waals surface area contributed by atoms with Gasteiger partial charge in [0.1, 0.15) is 0 Å². The maximum absolute atomic E-state index is 8.25. The van der Waals surface area contributed by atoms with Gasteiger partial charge in [-0.1, -0.05) is 0 Å². The minimum atomic E-state index is -1.75. The average Bonchev–Trinajstić information content (AvgIpc) is 1.94. The molecule has 0 atom stereocenters. The van der Waals surface area contributed by atoms with Crippen LogP contribution in [0.1, 0.15) is 0 Å². The number of hydrogen-bond acceptors (Lipinski definition) is 15. The van der Waals surface area contributed by atoms with Crippen LogP contribution in [0.2, 0.25) is 0 Å². The van der Waals surface area contributed by atoms with Crippen LogP contribution in [0.3, 0.4) is 0 Å². The van der Waals surface area contributed by atoms with Crippen LogP contribution in [0.5, 0.6) is 0 Å². The van der Waals surface area contributed by atoms with E-state index >= 15 is 0 Å². The molecule has 0 saturated carbocycles. The summed E-state index contributed by atoms with van der Waals surface area (Å²) in [6.45, 7) is 0. The van der Waals surface area contributed by atoms with E-state index in [1.807, 2.05) is 0 Å². The Hall–Kier alpha value is -1.16. The van der Waals surface area contributed by atoms with Gasteiger partial charge in [0.25, 0.3) is 0 Å². The molecule has 0 unspecified atom stereocenters. The topological polar surface area (TPSA) is 331 Å². The van der Waals surface area contributed by atoms with E-state index in [1.54, 1.807) is 0 Å². The Morgan fingerprint density at radius 3 is 0.364 bits per heavy atom. The van der Waals surface area contributed by atoms with E-state index in [1.165, 1.54) is 0 Å². The summed E-state index contributed by atoms with van der Waals surface area (Å²) in [5.74, 6) is 0. The van der Waals surface area contributed by atoms with Gasteiger partial charge in [-0.3, -0.25) is 0 Å². The third-order valence-corrected chi connectivity index (χ3v) is 0. The first-order chi connectivity index (χ1) is 8.66. The van der Waals surface area contributed by atoms with Crippen molar-refractivity contribution in [2.75, 3.05) is 0 Å². The maximum atomic E-state index is 8.25. The molecular formula is CaEuN5O15. The Labute approximate surface area is 187 Å². The van der Waals surface area contributed by atoms with Crippen molar-refractivity contribution in [1.29, 1.82) is 0 Å². The molecule has 0 aromatic rings. The molecule has 0 aliphatic rings. The molecule has 22 heteroatoms. The first-order valence-electron chi connectivity index (χ1n) is 2.74. The van der Waals surface area contributed by atoms with Gasteiger partial charge in [-0.2, -0.15) is 0 Å². The maximum Gasteiger partial charge on any atom is 3.00 e. The van der Waals surface area contributed by atoms with Crippen molar-refractivity contribution in [3.63, 3.8) is 0 Å². The molecule has 0 radical (unpaired) electrons. The minimum absolute atomic E-state index is 0. The average molecular weight is 502 g/mol. The van der Waals surface area contributed by atoms with Gasteiger partial charge in [-0.05, 0) is 0 Å². The van der Waals surface area contributed by atoms with Crippen LogP contribution in [0, 0.1) is 126 Å². The van der Waals surface area contributed by atoms with Crippen molar-refractivity contribution in [2.24, 2.45) is 0 Å². The largest absolute Gasteiger partial charge is 3.00 e. The number of rotatable bonds is 0. The second kappa shape index (κ2) is 36.8. The van der Waals surface area contributed by atoms with Crippen LogP contribution in [0.25, 0.3) is 0 Å². The predicted molar refractivity (Wildman–Crippen MR) is 57.6 cm³/mol. The molecule has 0 spiro atoms. The molecule has 0 rings (SSSR count). The normalized spacial score (nSPS) is 5.45. The molecule has 0 saturated heterocycles. The summed E-state index contributed by atoms with van der Waals surface area (Å²) >= 11 is 0. The van der Waals surface area contributed by atoms with E-state index in [2.05, 4.69) is 0 Å². The summed E-state index contributed by atoms with van der Waals surface area (Å²) in [7, 11) is 0.